The molecule has 0 bridgehead atoms. The van der Waals surface area contributed by atoms with Gasteiger partial charge in [-0.05, 0) is 30.2 Å². The molecule has 0 saturated heterocycles. The molecule has 4 nitrogen and oxygen atoms in total. The fraction of sp³-hybridized carbons (Fsp3) is 0.125. The number of anilines is 1. The Morgan fingerprint density at radius 2 is 1.71 bits per heavy atom. The van der Waals surface area contributed by atoms with E-state index in [9.17, 15) is 4.79 Å². The highest BCUT2D eigenvalue weighted by atomic mass is 35.5. The number of nitrogens with zero attached hydrogens (tertiary/aromatic N) is 1. The van der Waals surface area contributed by atoms with Gasteiger partial charge in [0, 0.05) is 0 Å². The van der Waals surface area contributed by atoms with Crippen molar-refractivity contribution in [2.45, 2.75) is 6.92 Å². The molecule has 0 aliphatic heterocycles. The molecule has 108 valence electrons. The van der Waals surface area contributed by atoms with E-state index in [0.29, 0.717) is 0 Å². The Hall–Kier alpha value is -2.33. The largest absolute Gasteiger partial charge is 0.461 e. The van der Waals surface area contributed by atoms with Gasteiger partial charge >= 0.3 is 5.97 Å². The summed E-state index contributed by atoms with van der Waals surface area (Å²) in [5.74, 6) is -0.646. The normalized spacial score (nSPS) is 11.0. The first-order valence-electron chi connectivity index (χ1n) is 6.52. The summed E-state index contributed by atoms with van der Waals surface area (Å²) in [5.41, 5.74) is 5.69. The molecule has 0 radical (unpaired) electrons. The van der Waals surface area contributed by atoms with Crippen LogP contribution in [0.4, 0.5) is 5.69 Å². The topological polar surface area (TPSA) is 50.7 Å². The number of rotatable bonds is 5. The number of carbonyl (C=O) groups excluding carboxylic acids is 1. The number of ether oxygens (including phenoxy) is 1. The lowest BCUT2D eigenvalue weighted by Crippen LogP contribution is -2.13. The molecule has 2 aromatic carbocycles. The highest BCUT2D eigenvalue weighted by molar-refractivity contribution is 6.82. The minimum absolute atomic E-state index is 0.232. The fourth-order valence-electron chi connectivity index (χ4n) is 1.72. The Labute approximate surface area is 128 Å². The van der Waals surface area contributed by atoms with Gasteiger partial charge in [-0.15, -0.1) is 0 Å². The lowest BCUT2D eigenvalue weighted by Gasteiger charge is -2.04. The smallest absolute Gasteiger partial charge is 0.370 e. The predicted molar refractivity (Wildman–Crippen MR) is 85.4 cm³/mol. The van der Waals surface area contributed by atoms with Crippen LogP contribution in [0, 0.1) is 0 Å². The first-order valence-corrected chi connectivity index (χ1v) is 6.90. The number of hydrazone groups is 1. The molecule has 2 rings (SSSR count). The molecular formula is C16H15ClN2O2. The second-order valence-electron chi connectivity index (χ2n) is 4.18. The highest BCUT2D eigenvalue weighted by Crippen LogP contribution is 2.20. The van der Waals surface area contributed by atoms with Gasteiger partial charge in [-0.25, -0.2) is 4.79 Å². The summed E-state index contributed by atoms with van der Waals surface area (Å²) in [5, 5.41) is 3.54. The molecule has 0 aromatic heterocycles. The number of hydrogen-bond donors (Lipinski definition) is 1. The van der Waals surface area contributed by atoms with Gasteiger partial charge in [0.15, 0.2) is 0 Å². The summed E-state index contributed by atoms with van der Waals surface area (Å²) in [6, 6.07) is 17.7. The zero-order valence-corrected chi connectivity index (χ0v) is 12.3. The van der Waals surface area contributed by atoms with E-state index >= 15 is 0 Å². The fourth-order valence-corrected chi connectivity index (χ4v) is 1.81. The van der Waals surface area contributed by atoms with Crippen LogP contribution < -0.4 is 5.43 Å². The molecule has 0 fully saturated rings. The van der Waals surface area contributed by atoms with E-state index in [1.54, 1.807) is 6.92 Å². The van der Waals surface area contributed by atoms with E-state index in [1.807, 2.05) is 54.6 Å². The second-order valence-corrected chi connectivity index (χ2v) is 4.54. The second kappa shape index (κ2) is 7.45. The average molecular weight is 303 g/mol. The van der Waals surface area contributed by atoms with Crippen molar-refractivity contribution in [1.29, 1.82) is 0 Å². The standard InChI is InChI=1S/C16H15ClN2O2/c1-2-21-16(20)15(17)19-18-14-10-8-13(9-11-14)12-6-4-3-5-7-12/h3-11,18H,2H2,1H3. The molecule has 0 aliphatic carbocycles. The summed E-state index contributed by atoms with van der Waals surface area (Å²) >= 11 is 5.70. The molecule has 2 aromatic rings. The van der Waals surface area contributed by atoms with Crippen LogP contribution in [-0.4, -0.2) is 17.7 Å². The Morgan fingerprint density at radius 3 is 2.33 bits per heavy atom. The van der Waals surface area contributed by atoms with Crippen LogP contribution in [0.1, 0.15) is 6.92 Å². The van der Waals surface area contributed by atoms with E-state index in [0.717, 1.165) is 16.8 Å². The van der Waals surface area contributed by atoms with Gasteiger partial charge in [-0.3, -0.25) is 5.43 Å². The van der Waals surface area contributed by atoms with Crippen LogP contribution in [0.5, 0.6) is 0 Å². The third-order valence-electron chi connectivity index (χ3n) is 2.72. The maximum Gasteiger partial charge on any atom is 0.370 e. The molecule has 21 heavy (non-hydrogen) atoms. The van der Waals surface area contributed by atoms with Crippen molar-refractivity contribution in [2.75, 3.05) is 12.0 Å². The van der Waals surface area contributed by atoms with Crippen LogP contribution in [0.15, 0.2) is 59.7 Å². The Kier molecular flexibility index (Phi) is 5.35. The zero-order valence-electron chi connectivity index (χ0n) is 11.5. The molecule has 0 heterocycles. The van der Waals surface area contributed by atoms with Crippen molar-refractivity contribution in [3.05, 3.63) is 54.6 Å². The molecular weight excluding hydrogens is 288 g/mol. The number of carbonyl (C=O) groups is 1. The van der Waals surface area contributed by atoms with Gasteiger partial charge in [-0.1, -0.05) is 54.1 Å². The number of hydrogen-bond acceptors (Lipinski definition) is 4. The quantitative estimate of drug-likeness (QED) is 0.518. The SMILES string of the molecule is CCOC(=O)C(Cl)=NNc1ccc(-c2ccccc2)cc1. The maximum atomic E-state index is 11.3. The summed E-state index contributed by atoms with van der Waals surface area (Å²) in [4.78, 5) is 11.3. The number of esters is 1. The molecule has 5 heteroatoms. The van der Waals surface area contributed by atoms with Crippen molar-refractivity contribution in [2.24, 2.45) is 5.10 Å². The predicted octanol–water partition coefficient (Wildman–Crippen LogP) is 3.88. The van der Waals surface area contributed by atoms with Crippen molar-refractivity contribution in [3.8, 4) is 11.1 Å². The molecule has 0 saturated carbocycles. The van der Waals surface area contributed by atoms with Crippen LogP contribution >= 0.6 is 11.6 Å². The van der Waals surface area contributed by atoms with Gasteiger partial charge in [0.25, 0.3) is 0 Å². The molecule has 0 amide bonds. The van der Waals surface area contributed by atoms with Crippen molar-refractivity contribution in [1.82, 2.24) is 0 Å². The third kappa shape index (κ3) is 4.33. The first kappa shape index (κ1) is 15.1. The number of nitrogens with one attached hydrogen (secondary N) is 1. The van der Waals surface area contributed by atoms with Crippen molar-refractivity contribution in [3.63, 3.8) is 0 Å². The molecule has 0 spiro atoms. The van der Waals surface area contributed by atoms with E-state index in [-0.39, 0.29) is 11.8 Å². The lowest BCUT2D eigenvalue weighted by molar-refractivity contribution is -0.134. The van der Waals surface area contributed by atoms with Crippen LogP contribution in [-0.2, 0) is 9.53 Å². The number of halogens is 1. The van der Waals surface area contributed by atoms with Crippen molar-refractivity contribution >= 4 is 28.4 Å². The average Bonchev–Trinajstić information content (AvgIpc) is 2.54. The minimum atomic E-state index is -0.646. The summed E-state index contributed by atoms with van der Waals surface area (Å²) in [7, 11) is 0. The third-order valence-corrected chi connectivity index (χ3v) is 2.96. The summed E-state index contributed by atoms with van der Waals surface area (Å²) < 4.78 is 4.73. The molecule has 0 atom stereocenters. The van der Waals surface area contributed by atoms with Crippen molar-refractivity contribution < 1.29 is 9.53 Å². The minimum Gasteiger partial charge on any atom is -0.461 e. The van der Waals surface area contributed by atoms with Gasteiger partial charge < -0.3 is 4.74 Å². The molecule has 1 N–H and O–H groups in total. The van der Waals surface area contributed by atoms with E-state index in [2.05, 4.69) is 10.5 Å². The monoisotopic (exact) mass is 302 g/mol. The van der Waals surface area contributed by atoms with Gasteiger partial charge in [-0.2, -0.15) is 5.10 Å². The van der Waals surface area contributed by atoms with Crippen LogP contribution in [0.25, 0.3) is 11.1 Å². The number of benzene rings is 2. The van der Waals surface area contributed by atoms with Gasteiger partial charge in [0.1, 0.15) is 0 Å². The summed E-state index contributed by atoms with van der Waals surface area (Å²) in [6.07, 6.45) is 0. The van der Waals surface area contributed by atoms with E-state index < -0.39 is 5.97 Å². The van der Waals surface area contributed by atoms with Crippen LogP contribution in [0.3, 0.4) is 0 Å². The Balaban J connectivity index is 2.03. The highest BCUT2D eigenvalue weighted by Gasteiger charge is 2.08. The first-order chi connectivity index (χ1) is 10.2. The van der Waals surface area contributed by atoms with Crippen LogP contribution in [0.2, 0.25) is 0 Å². The maximum absolute atomic E-state index is 11.3. The van der Waals surface area contributed by atoms with E-state index in [1.165, 1.54) is 0 Å². The molecule has 0 aliphatic rings. The molecule has 0 unspecified atom stereocenters. The van der Waals surface area contributed by atoms with Gasteiger partial charge in [0.05, 0.1) is 12.3 Å². The van der Waals surface area contributed by atoms with Gasteiger partial charge in [0.2, 0.25) is 5.17 Å². The lowest BCUT2D eigenvalue weighted by atomic mass is 10.1. The summed E-state index contributed by atoms with van der Waals surface area (Å²) in [6.45, 7) is 1.97. The zero-order chi connectivity index (χ0) is 15.1. The Morgan fingerprint density at radius 1 is 1.10 bits per heavy atom. The van der Waals surface area contributed by atoms with E-state index in [4.69, 9.17) is 16.3 Å². The Bertz CT molecular complexity index is 624.